The highest BCUT2D eigenvalue weighted by Crippen LogP contribution is 2.25. The zero-order valence-corrected chi connectivity index (χ0v) is 18.2. The molecule has 1 fully saturated rings. The fourth-order valence-corrected chi connectivity index (χ4v) is 5.31. The van der Waals surface area contributed by atoms with Gasteiger partial charge in [-0.25, -0.2) is 12.8 Å². The number of nitrogens with zero attached hydrogens (tertiary/aromatic N) is 2. The largest absolute Gasteiger partial charge is 0.451 e. The van der Waals surface area contributed by atoms with Gasteiger partial charge >= 0.3 is 0 Å². The summed E-state index contributed by atoms with van der Waals surface area (Å²) in [6.45, 7) is 0.926. The SMILES string of the molecule is O=C(c1ccc(-c2ccc(F)cc2)o1)N1CCN(S(=O)(=O)c2cccc(Br)c2)CC1. The van der Waals surface area contributed by atoms with Crippen LogP contribution in [0.25, 0.3) is 11.3 Å². The van der Waals surface area contributed by atoms with Crippen molar-refractivity contribution in [3.63, 3.8) is 0 Å². The molecule has 0 atom stereocenters. The first kappa shape index (κ1) is 20.8. The molecule has 0 saturated carbocycles. The van der Waals surface area contributed by atoms with E-state index in [0.717, 1.165) is 0 Å². The van der Waals surface area contributed by atoms with Crippen LogP contribution < -0.4 is 0 Å². The maximum atomic E-state index is 13.1. The number of halogens is 2. The van der Waals surface area contributed by atoms with Crippen molar-refractivity contribution in [3.8, 4) is 11.3 Å². The molecule has 1 saturated heterocycles. The molecular formula is C21H18BrFN2O4S. The second kappa shape index (κ2) is 8.33. The molecule has 1 aromatic heterocycles. The van der Waals surface area contributed by atoms with Crippen LogP contribution in [0.15, 0.2) is 74.4 Å². The van der Waals surface area contributed by atoms with Gasteiger partial charge in [0.2, 0.25) is 10.0 Å². The zero-order chi connectivity index (χ0) is 21.3. The van der Waals surface area contributed by atoms with Crippen LogP contribution in [-0.4, -0.2) is 49.7 Å². The average molecular weight is 493 g/mol. The summed E-state index contributed by atoms with van der Waals surface area (Å²) in [6.07, 6.45) is 0. The van der Waals surface area contributed by atoms with Crippen molar-refractivity contribution < 1.29 is 22.0 Å². The Morgan fingerprint density at radius 3 is 2.33 bits per heavy atom. The Kier molecular flexibility index (Phi) is 5.77. The monoisotopic (exact) mass is 492 g/mol. The molecule has 0 radical (unpaired) electrons. The van der Waals surface area contributed by atoms with Gasteiger partial charge in [0.1, 0.15) is 11.6 Å². The van der Waals surface area contributed by atoms with Crippen molar-refractivity contribution >= 4 is 31.9 Å². The number of benzene rings is 2. The van der Waals surface area contributed by atoms with E-state index in [1.54, 1.807) is 53.4 Å². The lowest BCUT2D eigenvalue weighted by Gasteiger charge is -2.33. The number of amides is 1. The van der Waals surface area contributed by atoms with Crippen LogP contribution in [0.4, 0.5) is 4.39 Å². The van der Waals surface area contributed by atoms with E-state index in [0.29, 0.717) is 15.8 Å². The van der Waals surface area contributed by atoms with Crippen LogP contribution in [0, 0.1) is 5.82 Å². The third kappa shape index (κ3) is 4.19. The Hall–Kier alpha value is -2.49. The minimum Gasteiger partial charge on any atom is -0.451 e. The van der Waals surface area contributed by atoms with Gasteiger partial charge in [-0.3, -0.25) is 4.79 Å². The van der Waals surface area contributed by atoms with Gasteiger partial charge in [-0.2, -0.15) is 4.31 Å². The molecule has 3 aromatic rings. The molecule has 2 heterocycles. The number of hydrogen-bond donors (Lipinski definition) is 0. The lowest BCUT2D eigenvalue weighted by molar-refractivity contribution is 0.0667. The number of carbonyl (C=O) groups excluding carboxylic acids is 1. The number of sulfonamides is 1. The first-order valence-electron chi connectivity index (χ1n) is 9.25. The molecule has 1 amide bonds. The number of hydrogen-bond acceptors (Lipinski definition) is 4. The van der Waals surface area contributed by atoms with Gasteiger partial charge in [-0.1, -0.05) is 22.0 Å². The molecule has 1 aliphatic rings. The quantitative estimate of drug-likeness (QED) is 0.551. The van der Waals surface area contributed by atoms with E-state index in [9.17, 15) is 17.6 Å². The van der Waals surface area contributed by atoms with Crippen molar-refractivity contribution in [2.45, 2.75) is 4.90 Å². The number of carbonyl (C=O) groups is 1. The lowest BCUT2D eigenvalue weighted by Crippen LogP contribution is -2.50. The average Bonchev–Trinajstić information content (AvgIpc) is 3.24. The van der Waals surface area contributed by atoms with Crippen LogP contribution >= 0.6 is 15.9 Å². The van der Waals surface area contributed by atoms with Gasteiger partial charge < -0.3 is 9.32 Å². The Bertz CT molecular complexity index is 1170. The highest BCUT2D eigenvalue weighted by atomic mass is 79.9. The zero-order valence-electron chi connectivity index (χ0n) is 15.8. The third-order valence-corrected chi connectivity index (χ3v) is 7.29. The summed E-state index contributed by atoms with van der Waals surface area (Å²) in [5, 5.41) is 0. The Balaban J connectivity index is 1.43. The predicted octanol–water partition coefficient (Wildman–Crippen LogP) is 3.99. The molecule has 0 unspecified atom stereocenters. The maximum absolute atomic E-state index is 13.1. The molecule has 4 rings (SSSR count). The fourth-order valence-electron chi connectivity index (χ4n) is 3.29. The summed E-state index contributed by atoms with van der Waals surface area (Å²) in [5.74, 6) is -0.0213. The van der Waals surface area contributed by atoms with Gasteiger partial charge in [0.05, 0.1) is 4.90 Å². The van der Waals surface area contributed by atoms with Gasteiger partial charge in [-0.15, -0.1) is 0 Å². The molecule has 0 aliphatic carbocycles. The fraction of sp³-hybridized carbons (Fsp3) is 0.190. The standard InChI is InChI=1S/C21H18BrFN2O4S/c22-16-2-1-3-18(14-16)30(27,28)25-12-10-24(11-13-25)21(26)20-9-8-19(29-20)15-4-6-17(23)7-5-15/h1-9,14H,10-13H2. The van der Waals surface area contributed by atoms with E-state index in [2.05, 4.69) is 15.9 Å². The number of furan rings is 1. The van der Waals surface area contributed by atoms with E-state index in [1.807, 2.05) is 0 Å². The van der Waals surface area contributed by atoms with E-state index < -0.39 is 10.0 Å². The van der Waals surface area contributed by atoms with Gasteiger partial charge in [0.25, 0.3) is 5.91 Å². The van der Waals surface area contributed by atoms with Gasteiger partial charge in [-0.05, 0) is 54.6 Å². The van der Waals surface area contributed by atoms with Crippen molar-refractivity contribution in [1.29, 1.82) is 0 Å². The predicted molar refractivity (Wildman–Crippen MR) is 113 cm³/mol. The molecule has 1 aliphatic heterocycles. The Morgan fingerprint density at radius 1 is 0.967 bits per heavy atom. The molecule has 0 bridgehead atoms. The summed E-state index contributed by atoms with van der Waals surface area (Å²) in [4.78, 5) is 14.6. The summed E-state index contributed by atoms with van der Waals surface area (Å²) in [5.41, 5.74) is 0.667. The van der Waals surface area contributed by atoms with E-state index in [-0.39, 0.29) is 48.6 Å². The van der Waals surface area contributed by atoms with Gasteiger partial charge in [0.15, 0.2) is 5.76 Å². The van der Waals surface area contributed by atoms with Crippen LogP contribution in [0.1, 0.15) is 10.6 Å². The third-order valence-electron chi connectivity index (χ3n) is 4.91. The summed E-state index contributed by atoms with van der Waals surface area (Å²) in [7, 11) is -3.62. The van der Waals surface area contributed by atoms with Crippen LogP contribution in [0.2, 0.25) is 0 Å². The molecule has 0 spiro atoms. The Labute approximate surface area is 182 Å². The van der Waals surface area contributed by atoms with Crippen LogP contribution in [-0.2, 0) is 10.0 Å². The van der Waals surface area contributed by atoms with Gasteiger partial charge in [0, 0.05) is 36.2 Å². The second-order valence-electron chi connectivity index (χ2n) is 6.82. The molecule has 30 heavy (non-hydrogen) atoms. The minimum atomic E-state index is -3.62. The topological polar surface area (TPSA) is 70.8 Å². The lowest BCUT2D eigenvalue weighted by atomic mass is 10.2. The molecule has 9 heteroatoms. The molecule has 0 N–H and O–H groups in total. The summed E-state index contributed by atoms with van der Waals surface area (Å²) >= 11 is 3.29. The highest BCUT2D eigenvalue weighted by molar-refractivity contribution is 9.10. The molecule has 6 nitrogen and oxygen atoms in total. The highest BCUT2D eigenvalue weighted by Gasteiger charge is 2.31. The van der Waals surface area contributed by atoms with Crippen LogP contribution in [0.3, 0.4) is 0 Å². The Morgan fingerprint density at radius 2 is 1.67 bits per heavy atom. The second-order valence-corrected chi connectivity index (χ2v) is 9.68. The van der Waals surface area contributed by atoms with Crippen molar-refractivity contribution in [1.82, 2.24) is 9.21 Å². The number of rotatable bonds is 4. The smallest absolute Gasteiger partial charge is 0.289 e. The van der Waals surface area contributed by atoms with Crippen molar-refractivity contribution in [2.75, 3.05) is 26.2 Å². The minimum absolute atomic E-state index is 0.164. The van der Waals surface area contributed by atoms with Crippen LogP contribution in [0.5, 0.6) is 0 Å². The normalized spacial score (nSPS) is 15.3. The first-order chi connectivity index (χ1) is 14.3. The summed E-state index contributed by atoms with van der Waals surface area (Å²) < 4.78 is 46.5. The summed E-state index contributed by atoms with van der Waals surface area (Å²) in [6, 6.07) is 15.6. The maximum Gasteiger partial charge on any atom is 0.289 e. The van der Waals surface area contributed by atoms with E-state index in [1.165, 1.54) is 16.4 Å². The van der Waals surface area contributed by atoms with Crippen molar-refractivity contribution in [2.24, 2.45) is 0 Å². The molecule has 2 aromatic carbocycles. The van der Waals surface area contributed by atoms with E-state index >= 15 is 0 Å². The molecular weight excluding hydrogens is 475 g/mol. The van der Waals surface area contributed by atoms with E-state index in [4.69, 9.17) is 4.42 Å². The first-order valence-corrected chi connectivity index (χ1v) is 11.5. The molecule has 156 valence electrons. The number of piperazine rings is 1. The van der Waals surface area contributed by atoms with Crippen molar-refractivity contribution in [3.05, 3.63) is 76.7 Å².